The molecular weight excluding hydrogens is 530 g/mol. The van der Waals surface area contributed by atoms with Crippen LogP contribution in [0.4, 0.5) is 5.69 Å². The zero-order valence-electron chi connectivity index (χ0n) is 23.6. The van der Waals surface area contributed by atoms with Crippen molar-refractivity contribution in [2.24, 2.45) is 11.8 Å². The molecule has 0 spiro atoms. The van der Waals surface area contributed by atoms with Crippen molar-refractivity contribution in [3.8, 4) is 28.7 Å². The van der Waals surface area contributed by atoms with Crippen LogP contribution in [0.3, 0.4) is 0 Å². The molecule has 1 heterocycles. The lowest BCUT2D eigenvalue weighted by Crippen LogP contribution is -2.37. The van der Waals surface area contributed by atoms with Gasteiger partial charge in [-0.2, -0.15) is 0 Å². The van der Waals surface area contributed by atoms with Crippen LogP contribution in [-0.4, -0.2) is 58.7 Å². The van der Waals surface area contributed by atoms with Crippen LogP contribution >= 0.6 is 0 Å². The number of cyclic esters (lactones) is 1. The first-order valence-electron chi connectivity index (χ1n) is 13.3. The van der Waals surface area contributed by atoms with E-state index in [0.717, 1.165) is 22.4 Å². The Hall–Kier alpha value is -4.60. The van der Waals surface area contributed by atoms with E-state index in [1.165, 1.54) is 14.2 Å². The van der Waals surface area contributed by atoms with E-state index < -0.39 is 17.8 Å². The maximum atomic E-state index is 13.4. The Morgan fingerprint density at radius 1 is 0.902 bits per heavy atom. The highest BCUT2D eigenvalue weighted by Crippen LogP contribution is 2.55. The van der Waals surface area contributed by atoms with Gasteiger partial charge in [-0.1, -0.05) is 0 Å². The van der Waals surface area contributed by atoms with Crippen molar-refractivity contribution in [3.63, 3.8) is 0 Å². The lowest BCUT2D eigenvalue weighted by atomic mass is 9.65. The summed E-state index contributed by atoms with van der Waals surface area (Å²) in [6, 6.07) is 13.9. The quantitative estimate of drug-likeness (QED) is 0.355. The molecule has 4 atom stereocenters. The Morgan fingerprint density at radius 3 is 2.05 bits per heavy atom. The van der Waals surface area contributed by atoms with E-state index in [2.05, 4.69) is 5.32 Å². The summed E-state index contributed by atoms with van der Waals surface area (Å²) in [7, 11) is 6.05. The molecule has 3 aromatic carbocycles. The van der Waals surface area contributed by atoms with E-state index in [-0.39, 0.29) is 41.8 Å². The van der Waals surface area contributed by atoms with Crippen molar-refractivity contribution in [1.29, 1.82) is 0 Å². The van der Waals surface area contributed by atoms with Crippen LogP contribution in [0, 0.1) is 11.8 Å². The third-order valence-electron chi connectivity index (χ3n) is 7.78. The van der Waals surface area contributed by atoms with Gasteiger partial charge in [-0.25, -0.2) is 4.79 Å². The highest BCUT2D eigenvalue weighted by molar-refractivity contribution is 5.89. The van der Waals surface area contributed by atoms with E-state index in [0.29, 0.717) is 23.7 Å². The largest absolute Gasteiger partial charge is 0.502 e. The van der Waals surface area contributed by atoms with Crippen LogP contribution in [0.2, 0.25) is 0 Å². The maximum Gasteiger partial charge on any atom is 0.338 e. The number of benzene rings is 3. The number of nitrogens with one attached hydrogen (secondary N) is 1. The highest BCUT2D eigenvalue weighted by Gasteiger charge is 2.52. The van der Waals surface area contributed by atoms with Gasteiger partial charge in [-0.15, -0.1) is 0 Å². The van der Waals surface area contributed by atoms with Gasteiger partial charge in [0, 0.05) is 17.5 Å². The van der Waals surface area contributed by atoms with Gasteiger partial charge >= 0.3 is 11.9 Å². The minimum atomic E-state index is -0.559. The van der Waals surface area contributed by atoms with Gasteiger partial charge in [0.1, 0.15) is 0 Å². The molecule has 5 rings (SSSR count). The van der Waals surface area contributed by atoms with Crippen LogP contribution in [-0.2, 0) is 14.3 Å². The number of ether oxygens (including phenoxy) is 6. The van der Waals surface area contributed by atoms with E-state index in [9.17, 15) is 14.7 Å². The Bertz CT molecular complexity index is 1430. The number of fused-ring (bicyclic) bond motifs is 2. The second-order valence-electron chi connectivity index (χ2n) is 9.83. The summed E-state index contributed by atoms with van der Waals surface area (Å²) in [5.41, 5.74) is 3.65. The average Bonchev–Trinajstić information content (AvgIpc) is 3.37. The van der Waals surface area contributed by atoms with E-state index in [4.69, 9.17) is 28.4 Å². The molecule has 2 N–H and O–H groups in total. The first-order valence-corrected chi connectivity index (χ1v) is 13.3. The molecule has 0 bridgehead atoms. The molecule has 0 aromatic heterocycles. The molecule has 10 nitrogen and oxygen atoms in total. The van der Waals surface area contributed by atoms with Crippen molar-refractivity contribution in [3.05, 3.63) is 70.8 Å². The highest BCUT2D eigenvalue weighted by atomic mass is 16.5. The van der Waals surface area contributed by atoms with E-state index in [1.807, 2.05) is 12.1 Å². The number of rotatable bonds is 9. The van der Waals surface area contributed by atoms with Gasteiger partial charge < -0.3 is 38.8 Å². The molecule has 1 saturated heterocycles. The van der Waals surface area contributed by atoms with Gasteiger partial charge in [-0.05, 0) is 72.1 Å². The molecule has 1 unspecified atom stereocenters. The second kappa shape index (κ2) is 11.5. The number of carbonyl (C=O) groups excluding carboxylic acids is 2. The van der Waals surface area contributed by atoms with E-state index >= 15 is 0 Å². The predicted molar refractivity (Wildman–Crippen MR) is 149 cm³/mol. The lowest BCUT2D eigenvalue weighted by molar-refractivity contribution is -0.141. The first-order chi connectivity index (χ1) is 19.8. The molecule has 10 heteroatoms. The zero-order valence-corrected chi connectivity index (χ0v) is 23.6. The topological polar surface area (TPSA) is 122 Å². The van der Waals surface area contributed by atoms with Crippen LogP contribution in [0.15, 0.2) is 48.5 Å². The summed E-state index contributed by atoms with van der Waals surface area (Å²) in [4.78, 5) is 25.5. The minimum absolute atomic E-state index is 0.126. The molecule has 1 aliphatic heterocycles. The smallest absolute Gasteiger partial charge is 0.338 e. The Morgan fingerprint density at radius 2 is 1.49 bits per heavy atom. The van der Waals surface area contributed by atoms with E-state index in [1.54, 1.807) is 57.5 Å². The van der Waals surface area contributed by atoms with Crippen molar-refractivity contribution in [1.82, 2.24) is 0 Å². The van der Waals surface area contributed by atoms with Crippen LogP contribution < -0.4 is 24.3 Å². The summed E-state index contributed by atoms with van der Waals surface area (Å²) in [6.45, 7) is 2.26. The second-order valence-corrected chi connectivity index (χ2v) is 9.83. The number of hydrogen-bond donors (Lipinski definition) is 2. The summed E-state index contributed by atoms with van der Waals surface area (Å²) in [5.74, 6) is -0.611. The third kappa shape index (κ3) is 4.94. The first kappa shape index (κ1) is 27.9. The van der Waals surface area contributed by atoms with Gasteiger partial charge in [0.25, 0.3) is 0 Å². The van der Waals surface area contributed by atoms with Crippen molar-refractivity contribution in [2.45, 2.75) is 18.9 Å². The number of aromatic hydroxyl groups is 1. The van der Waals surface area contributed by atoms with Crippen molar-refractivity contribution >= 4 is 17.6 Å². The SMILES string of the molecule is CCOC(=O)c1ccc(NC2c3cc(OC)c(OC)cc3[C@@H](c3cc(OC)c(O)c(OC)c3)[C@H]3C(=O)OC[C@H]23)cc1. The number of phenols is 1. The standard InChI is InChI=1S/C31H33NO9/c1-6-40-30(34)16-7-9-18(10-8-16)32-28-20-14-23(37-3)22(36-2)13-19(20)26(27-21(28)15-41-31(27)35)17-11-24(38-4)29(33)25(12-17)39-5/h7-14,21,26-28,32-33H,6,15H2,1-5H3/t21-,26+,27-,28?/m0/s1. The molecule has 2 aliphatic rings. The zero-order chi connectivity index (χ0) is 29.3. The Balaban J connectivity index is 1.66. The summed E-state index contributed by atoms with van der Waals surface area (Å²) >= 11 is 0. The molecule has 0 amide bonds. The fourth-order valence-corrected chi connectivity index (χ4v) is 5.87. The molecule has 1 fully saturated rings. The number of methoxy groups -OCH3 is 4. The molecule has 0 radical (unpaired) electrons. The number of esters is 2. The fourth-order valence-electron chi connectivity index (χ4n) is 5.87. The van der Waals surface area contributed by atoms with Crippen molar-refractivity contribution in [2.75, 3.05) is 47.0 Å². The summed E-state index contributed by atoms with van der Waals surface area (Å²) in [6.07, 6.45) is 0. The normalized spacial score (nSPS) is 20.8. The van der Waals surface area contributed by atoms with Gasteiger partial charge in [0.15, 0.2) is 23.0 Å². The molecule has 216 valence electrons. The monoisotopic (exact) mass is 563 g/mol. The molecule has 0 saturated carbocycles. The number of carbonyl (C=O) groups is 2. The number of anilines is 1. The van der Waals surface area contributed by atoms with Gasteiger partial charge in [0.2, 0.25) is 5.75 Å². The molecule has 1 aliphatic carbocycles. The lowest BCUT2D eigenvalue weighted by Gasteiger charge is -2.40. The third-order valence-corrected chi connectivity index (χ3v) is 7.78. The minimum Gasteiger partial charge on any atom is -0.502 e. The van der Waals surface area contributed by atoms with Gasteiger partial charge in [0.05, 0.1) is 59.2 Å². The Kier molecular flexibility index (Phi) is 7.83. The number of phenolic OH excluding ortho intramolecular Hbond substituents is 1. The van der Waals surface area contributed by atoms with Crippen LogP contribution in [0.25, 0.3) is 0 Å². The van der Waals surface area contributed by atoms with Gasteiger partial charge in [-0.3, -0.25) is 4.79 Å². The number of hydrogen-bond acceptors (Lipinski definition) is 10. The van der Waals surface area contributed by atoms with Crippen LogP contribution in [0.1, 0.15) is 45.9 Å². The fraction of sp³-hybridized carbons (Fsp3) is 0.355. The van der Waals surface area contributed by atoms with Crippen LogP contribution in [0.5, 0.6) is 28.7 Å². The maximum absolute atomic E-state index is 13.4. The predicted octanol–water partition coefficient (Wildman–Crippen LogP) is 4.69. The summed E-state index contributed by atoms with van der Waals surface area (Å²) < 4.78 is 32.9. The average molecular weight is 564 g/mol. The molecular formula is C31H33NO9. The summed E-state index contributed by atoms with van der Waals surface area (Å²) in [5, 5.41) is 14.1. The Labute approximate surface area is 238 Å². The van der Waals surface area contributed by atoms with Crippen molar-refractivity contribution < 1.29 is 43.1 Å². The molecule has 41 heavy (non-hydrogen) atoms. The molecule has 3 aromatic rings.